The van der Waals surface area contributed by atoms with Gasteiger partial charge in [0.15, 0.2) is 5.65 Å². The Hall–Kier alpha value is -2.63. The van der Waals surface area contributed by atoms with Crippen LogP contribution in [-0.4, -0.2) is 25.8 Å². The van der Waals surface area contributed by atoms with E-state index in [9.17, 15) is 4.79 Å². The standard InChI is InChI=1S/C13H11N3O3/c1-8-2-3-11(19-8)7-16-12-9(6-15-16)4-10(5-14-12)13(17)18/h2-6H,7H2,1H3,(H,17,18). The quantitative estimate of drug-likeness (QED) is 0.776. The largest absolute Gasteiger partial charge is 0.478 e. The second-order valence-corrected chi connectivity index (χ2v) is 4.26. The smallest absolute Gasteiger partial charge is 0.337 e. The molecule has 0 aliphatic heterocycles. The minimum atomic E-state index is -0.996. The third kappa shape index (κ3) is 2.08. The molecule has 6 nitrogen and oxygen atoms in total. The summed E-state index contributed by atoms with van der Waals surface area (Å²) < 4.78 is 7.16. The second kappa shape index (κ2) is 4.24. The lowest BCUT2D eigenvalue weighted by molar-refractivity contribution is 0.0696. The van der Waals surface area contributed by atoms with Crippen molar-refractivity contribution in [2.75, 3.05) is 0 Å². The molecule has 0 unspecified atom stereocenters. The molecule has 3 rings (SSSR count). The van der Waals surface area contributed by atoms with Gasteiger partial charge in [-0.2, -0.15) is 5.10 Å². The Kier molecular flexibility index (Phi) is 2.56. The molecule has 3 aromatic heterocycles. The van der Waals surface area contributed by atoms with E-state index >= 15 is 0 Å². The summed E-state index contributed by atoms with van der Waals surface area (Å²) in [7, 11) is 0. The Morgan fingerprint density at radius 1 is 1.42 bits per heavy atom. The molecular formula is C13H11N3O3. The van der Waals surface area contributed by atoms with Crippen molar-refractivity contribution in [1.29, 1.82) is 0 Å². The number of furan rings is 1. The summed E-state index contributed by atoms with van der Waals surface area (Å²) in [5.74, 6) is 0.628. The van der Waals surface area contributed by atoms with Crippen molar-refractivity contribution < 1.29 is 14.3 Å². The van der Waals surface area contributed by atoms with Crippen molar-refractivity contribution in [3.63, 3.8) is 0 Å². The molecule has 3 aromatic rings. The fourth-order valence-corrected chi connectivity index (χ4v) is 1.92. The molecule has 1 N–H and O–H groups in total. The summed E-state index contributed by atoms with van der Waals surface area (Å²) in [4.78, 5) is 15.0. The van der Waals surface area contributed by atoms with Crippen LogP contribution in [0.5, 0.6) is 0 Å². The number of aromatic carboxylic acids is 1. The Bertz CT molecular complexity index is 757. The number of nitrogens with zero attached hydrogens (tertiary/aromatic N) is 3. The first-order valence-corrected chi connectivity index (χ1v) is 5.73. The molecule has 0 atom stereocenters. The number of carboxylic acids is 1. The normalized spacial score (nSPS) is 11.0. The lowest BCUT2D eigenvalue weighted by Crippen LogP contribution is -2.02. The fraction of sp³-hybridized carbons (Fsp3) is 0.154. The molecular weight excluding hydrogens is 246 g/mol. The van der Waals surface area contributed by atoms with Gasteiger partial charge in [-0.25, -0.2) is 14.5 Å². The van der Waals surface area contributed by atoms with Gasteiger partial charge in [0.05, 0.1) is 11.8 Å². The highest BCUT2D eigenvalue weighted by Crippen LogP contribution is 2.15. The van der Waals surface area contributed by atoms with Crippen LogP contribution in [0.15, 0.2) is 35.0 Å². The molecule has 0 radical (unpaired) electrons. The first kappa shape index (κ1) is 11.5. The predicted molar refractivity (Wildman–Crippen MR) is 67.0 cm³/mol. The maximum atomic E-state index is 10.9. The van der Waals surface area contributed by atoms with Gasteiger partial charge >= 0.3 is 5.97 Å². The SMILES string of the molecule is Cc1ccc(Cn2ncc3cc(C(=O)O)cnc32)o1. The highest BCUT2D eigenvalue weighted by atomic mass is 16.4. The Morgan fingerprint density at radius 2 is 2.26 bits per heavy atom. The van der Waals surface area contributed by atoms with Crippen molar-refractivity contribution in [2.24, 2.45) is 0 Å². The summed E-state index contributed by atoms with van der Waals surface area (Å²) in [6.45, 7) is 2.35. The number of carboxylic acid groups (broad SMARTS) is 1. The first-order valence-electron chi connectivity index (χ1n) is 5.73. The van der Waals surface area contributed by atoms with Crippen LogP contribution < -0.4 is 0 Å². The summed E-state index contributed by atoms with van der Waals surface area (Å²) >= 11 is 0. The van der Waals surface area contributed by atoms with Gasteiger partial charge in [0.2, 0.25) is 0 Å². The molecule has 0 saturated carbocycles. The fourth-order valence-electron chi connectivity index (χ4n) is 1.92. The molecule has 96 valence electrons. The van der Waals surface area contributed by atoms with Crippen LogP contribution in [-0.2, 0) is 6.54 Å². The Morgan fingerprint density at radius 3 is 2.95 bits per heavy atom. The van der Waals surface area contributed by atoms with Gasteiger partial charge in [-0.15, -0.1) is 0 Å². The molecule has 0 amide bonds. The Balaban J connectivity index is 1.99. The van der Waals surface area contributed by atoms with Crippen LogP contribution in [0.1, 0.15) is 21.9 Å². The molecule has 0 aromatic carbocycles. The Labute approximate surface area is 108 Å². The van der Waals surface area contributed by atoms with Crippen molar-refractivity contribution >= 4 is 17.0 Å². The number of rotatable bonds is 3. The van der Waals surface area contributed by atoms with Gasteiger partial charge in [-0.05, 0) is 25.1 Å². The predicted octanol–water partition coefficient (Wildman–Crippen LogP) is 2.08. The van der Waals surface area contributed by atoms with E-state index in [1.807, 2.05) is 19.1 Å². The molecule has 0 aliphatic carbocycles. The third-order valence-corrected chi connectivity index (χ3v) is 2.82. The molecule has 0 bridgehead atoms. The molecule has 0 fully saturated rings. The number of hydrogen-bond acceptors (Lipinski definition) is 4. The minimum absolute atomic E-state index is 0.154. The zero-order valence-corrected chi connectivity index (χ0v) is 10.2. The van der Waals surface area contributed by atoms with Gasteiger partial charge in [0.25, 0.3) is 0 Å². The van der Waals surface area contributed by atoms with Gasteiger partial charge in [-0.1, -0.05) is 0 Å². The number of fused-ring (bicyclic) bond motifs is 1. The summed E-state index contributed by atoms with van der Waals surface area (Å²) in [6, 6.07) is 5.33. The number of carbonyl (C=O) groups is 1. The highest BCUT2D eigenvalue weighted by Gasteiger charge is 2.10. The number of pyridine rings is 1. The van der Waals surface area contributed by atoms with Crippen molar-refractivity contribution in [2.45, 2.75) is 13.5 Å². The number of hydrogen-bond donors (Lipinski definition) is 1. The molecule has 3 heterocycles. The van der Waals surface area contributed by atoms with E-state index in [1.54, 1.807) is 16.9 Å². The molecule has 0 saturated heterocycles. The van der Waals surface area contributed by atoms with Gasteiger partial charge in [0, 0.05) is 11.6 Å². The van der Waals surface area contributed by atoms with Crippen LogP contribution in [0.3, 0.4) is 0 Å². The molecule has 0 aliphatic rings. The summed E-state index contributed by atoms with van der Waals surface area (Å²) in [5.41, 5.74) is 0.792. The van der Waals surface area contributed by atoms with Gasteiger partial charge in [-0.3, -0.25) is 0 Å². The molecule has 0 spiro atoms. The molecule has 6 heteroatoms. The summed E-state index contributed by atoms with van der Waals surface area (Å²) in [6.07, 6.45) is 2.93. The van der Waals surface area contributed by atoms with Crippen LogP contribution in [0.4, 0.5) is 0 Å². The lowest BCUT2D eigenvalue weighted by Gasteiger charge is -2.00. The second-order valence-electron chi connectivity index (χ2n) is 4.26. The average molecular weight is 257 g/mol. The van der Waals surface area contributed by atoms with Crippen LogP contribution in [0.2, 0.25) is 0 Å². The zero-order valence-electron chi connectivity index (χ0n) is 10.2. The minimum Gasteiger partial charge on any atom is -0.478 e. The lowest BCUT2D eigenvalue weighted by atomic mass is 10.2. The van der Waals surface area contributed by atoms with Crippen molar-refractivity contribution in [1.82, 2.24) is 14.8 Å². The highest BCUT2D eigenvalue weighted by molar-refractivity contribution is 5.91. The van der Waals surface area contributed by atoms with E-state index in [-0.39, 0.29) is 5.56 Å². The summed E-state index contributed by atoms with van der Waals surface area (Å²) in [5, 5.41) is 13.8. The van der Waals surface area contributed by atoms with Gasteiger partial charge < -0.3 is 9.52 Å². The van der Waals surface area contributed by atoms with Gasteiger partial charge in [0.1, 0.15) is 18.1 Å². The average Bonchev–Trinajstić information content (AvgIpc) is 2.96. The maximum absolute atomic E-state index is 10.9. The first-order chi connectivity index (χ1) is 9.13. The number of aryl methyl sites for hydroxylation is 1. The van der Waals surface area contributed by atoms with Crippen LogP contribution >= 0.6 is 0 Å². The van der Waals surface area contributed by atoms with E-state index in [4.69, 9.17) is 9.52 Å². The van der Waals surface area contributed by atoms with Crippen molar-refractivity contribution in [3.05, 3.63) is 47.7 Å². The number of aromatic nitrogens is 3. The monoisotopic (exact) mass is 257 g/mol. The topological polar surface area (TPSA) is 81.2 Å². The molecule has 19 heavy (non-hydrogen) atoms. The maximum Gasteiger partial charge on any atom is 0.337 e. The van der Waals surface area contributed by atoms with Crippen molar-refractivity contribution in [3.8, 4) is 0 Å². The van der Waals surface area contributed by atoms with E-state index in [2.05, 4.69) is 10.1 Å². The van der Waals surface area contributed by atoms with Crippen LogP contribution in [0.25, 0.3) is 11.0 Å². The van der Waals surface area contributed by atoms with Crippen LogP contribution in [0, 0.1) is 6.92 Å². The van der Waals surface area contributed by atoms with E-state index in [0.717, 1.165) is 11.5 Å². The van der Waals surface area contributed by atoms with E-state index in [0.29, 0.717) is 17.6 Å². The van der Waals surface area contributed by atoms with E-state index < -0.39 is 5.97 Å². The zero-order chi connectivity index (χ0) is 13.4. The van der Waals surface area contributed by atoms with E-state index in [1.165, 1.54) is 6.20 Å². The third-order valence-electron chi connectivity index (χ3n) is 2.82.